The maximum absolute atomic E-state index is 12.8. The standard InChI is InChI=1S/C13H18F2N4O/c1-8-5-10(13(20)18-16)17-11(6-8)19-4-2-3-9(7-19)12(14)15/h5-6,9,12H,2-4,7,16H2,1H3,(H,18,20). The Labute approximate surface area is 116 Å². The van der Waals surface area contributed by atoms with Gasteiger partial charge in [-0.2, -0.15) is 0 Å². The highest BCUT2D eigenvalue weighted by molar-refractivity contribution is 5.92. The highest BCUT2D eigenvalue weighted by Crippen LogP contribution is 2.26. The molecule has 1 amide bonds. The number of anilines is 1. The summed E-state index contributed by atoms with van der Waals surface area (Å²) >= 11 is 0. The zero-order valence-electron chi connectivity index (χ0n) is 11.3. The highest BCUT2D eigenvalue weighted by atomic mass is 19.3. The van der Waals surface area contributed by atoms with Crippen LogP contribution in [0.4, 0.5) is 14.6 Å². The zero-order chi connectivity index (χ0) is 14.7. The molecular weight excluding hydrogens is 266 g/mol. The third kappa shape index (κ3) is 3.22. The van der Waals surface area contributed by atoms with Crippen molar-refractivity contribution < 1.29 is 13.6 Å². The predicted octanol–water partition coefficient (Wildman–Crippen LogP) is 1.48. The number of aryl methyl sites for hydroxylation is 1. The second-order valence-electron chi connectivity index (χ2n) is 5.04. The van der Waals surface area contributed by atoms with Gasteiger partial charge in [0.15, 0.2) is 0 Å². The number of nitrogens with zero attached hydrogens (tertiary/aromatic N) is 2. The molecule has 1 aliphatic rings. The maximum Gasteiger partial charge on any atom is 0.283 e. The van der Waals surface area contributed by atoms with Crippen LogP contribution in [0.15, 0.2) is 12.1 Å². The van der Waals surface area contributed by atoms with E-state index in [1.807, 2.05) is 12.3 Å². The van der Waals surface area contributed by atoms with Gasteiger partial charge in [-0.05, 0) is 37.5 Å². The Balaban J connectivity index is 2.23. The molecule has 3 N–H and O–H groups in total. The van der Waals surface area contributed by atoms with Gasteiger partial charge in [0, 0.05) is 19.0 Å². The molecule has 0 aromatic carbocycles. The van der Waals surface area contributed by atoms with Crippen LogP contribution in [0.2, 0.25) is 0 Å². The second-order valence-corrected chi connectivity index (χ2v) is 5.04. The van der Waals surface area contributed by atoms with E-state index in [-0.39, 0.29) is 12.2 Å². The van der Waals surface area contributed by atoms with Crippen molar-refractivity contribution in [2.75, 3.05) is 18.0 Å². The number of rotatable bonds is 3. The van der Waals surface area contributed by atoms with E-state index in [2.05, 4.69) is 4.98 Å². The van der Waals surface area contributed by atoms with Gasteiger partial charge in [0.1, 0.15) is 11.5 Å². The molecule has 0 aliphatic carbocycles. The van der Waals surface area contributed by atoms with E-state index in [0.717, 1.165) is 5.56 Å². The molecule has 1 unspecified atom stereocenters. The fraction of sp³-hybridized carbons (Fsp3) is 0.538. The Kier molecular flexibility index (Phi) is 4.49. The van der Waals surface area contributed by atoms with Crippen LogP contribution in [0.5, 0.6) is 0 Å². The Morgan fingerprint density at radius 3 is 2.95 bits per heavy atom. The number of piperidine rings is 1. The number of nitrogen functional groups attached to an aromatic ring is 1. The first kappa shape index (κ1) is 14.6. The summed E-state index contributed by atoms with van der Waals surface area (Å²) in [5.41, 5.74) is 3.06. The first-order chi connectivity index (χ1) is 9.51. The predicted molar refractivity (Wildman–Crippen MR) is 71.6 cm³/mol. The van der Waals surface area contributed by atoms with Crippen molar-refractivity contribution in [3.8, 4) is 0 Å². The number of hydrogen-bond donors (Lipinski definition) is 2. The van der Waals surface area contributed by atoms with Crippen molar-refractivity contribution >= 4 is 11.7 Å². The van der Waals surface area contributed by atoms with Gasteiger partial charge in [-0.25, -0.2) is 19.6 Å². The van der Waals surface area contributed by atoms with E-state index in [1.54, 1.807) is 17.0 Å². The maximum atomic E-state index is 12.8. The number of alkyl halides is 2. The lowest BCUT2D eigenvalue weighted by Crippen LogP contribution is -2.39. The van der Waals surface area contributed by atoms with E-state index in [1.165, 1.54) is 0 Å². The minimum absolute atomic E-state index is 0.196. The summed E-state index contributed by atoms with van der Waals surface area (Å²) in [5.74, 6) is 4.51. The largest absolute Gasteiger partial charge is 0.356 e. The molecule has 0 spiro atoms. The quantitative estimate of drug-likeness (QED) is 0.501. The molecule has 0 saturated carbocycles. The van der Waals surface area contributed by atoms with Gasteiger partial charge in [-0.1, -0.05) is 0 Å². The minimum Gasteiger partial charge on any atom is -0.356 e. The first-order valence-electron chi connectivity index (χ1n) is 6.54. The number of hydrazine groups is 1. The molecule has 0 bridgehead atoms. The van der Waals surface area contributed by atoms with Crippen LogP contribution in [0.25, 0.3) is 0 Å². The van der Waals surface area contributed by atoms with Gasteiger partial charge >= 0.3 is 0 Å². The van der Waals surface area contributed by atoms with Crippen LogP contribution in [-0.2, 0) is 0 Å². The molecule has 1 aliphatic heterocycles. The zero-order valence-corrected chi connectivity index (χ0v) is 11.3. The normalized spacial score (nSPS) is 19.2. The monoisotopic (exact) mass is 284 g/mol. The SMILES string of the molecule is Cc1cc(C(=O)NN)nc(N2CCCC(C(F)F)C2)c1. The molecule has 1 aromatic rings. The fourth-order valence-corrected chi connectivity index (χ4v) is 2.42. The van der Waals surface area contributed by atoms with Crippen LogP contribution < -0.4 is 16.2 Å². The first-order valence-corrected chi connectivity index (χ1v) is 6.54. The lowest BCUT2D eigenvalue weighted by molar-refractivity contribution is 0.0685. The van der Waals surface area contributed by atoms with Gasteiger partial charge in [0.05, 0.1) is 0 Å². The number of nitrogens with one attached hydrogen (secondary N) is 1. The Morgan fingerprint density at radius 1 is 1.55 bits per heavy atom. The van der Waals surface area contributed by atoms with Crippen molar-refractivity contribution in [2.24, 2.45) is 11.8 Å². The lowest BCUT2D eigenvalue weighted by atomic mass is 9.98. The summed E-state index contributed by atoms with van der Waals surface area (Å²) in [7, 11) is 0. The van der Waals surface area contributed by atoms with Crippen molar-refractivity contribution in [1.82, 2.24) is 10.4 Å². The van der Waals surface area contributed by atoms with Crippen LogP contribution in [0.3, 0.4) is 0 Å². The Bertz CT molecular complexity index is 495. The molecule has 5 nitrogen and oxygen atoms in total. The molecule has 1 fully saturated rings. The van der Waals surface area contributed by atoms with E-state index in [0.29, 0.717) is 25.2 Å². The van der Waals surface area contributed by atoms with E-state index >= 15 is 0 Å². The Hall–Kier alpha value is -1.76. The molecule has 2 heterocycles. The van der Waals surface area contributed by atoms with Gasteiger partial charge in [0.2, 0.25) is 6.43 Å². The van der Waals surface area contributed by atoms with Crippen LogP contribution >= 0.6 is 0 Å². The number of hydrogen-bond acceptors (Lipinski definition) is 4. The molecule has 7 heteroatoms. The summed E-state index contributed by atoms with van der Waals surface area (Å²) < 4.78 is 25.6. The number of carbonyl (C=O) groups is 1. The number of halogens is 2. The van der Waals surface area contributed by atoms with Crippen molar-refractivity contribution in [2.45, 2.75) is 26.2 Å². The highest BCUT2D eigenvalue weighted by Gasteiger charge is 2.28. The van der Waals surface area contributed by atoms with E-state index < -0.39 is 18.3 Å². The van der Waals surface area contributed by atoms with Crippen molar-refractivity contribution in [3.63, 3.8) is 0 Å². The van der Waals surface area contributed by atoms with Crippen LogP contribution in [0, 0.1) is 12.8 Å². The summed E-state index contributed by atoms with van der Waals surface area (Å²) in [4.78, 5) is 17.6. The van der Waals surface area contributed by atoms with Crippen molar-refractivity contribution in [3.05, 3.63) is 23.4 Å². The number of nitrogens with two attached hydrogens (primary N) is 1. The van der Waals surface area contributed by atoms with Gasteiger partial charge in [0.25, 0.3) is 5.91 Å². The number of pyridine rings is 1. The van der Waals surface area contributed by atoms with Gasteiger partial charge < -0.3 is 4.90 Å². The topological polar surface area (TPSA) is 71.2 Å². The summed E-state index contributed by atoms with van der Waals surface area (Å²) in [6.45, 7) is 2.76. The molecule has 1 atom stereocenters. The van der Waals surface area contributed by atoms with E-state index in [4.69, 9.17) is 5.84 Å². The van der Waals surface area contributed by atoms with Crippen LogP contribution in [0.1, 0.15) is 28.9 Å². The number of amides is 1. The molecule has 1 aromatic heterocycles. The lowest BCUT2D eigenvalue weighted by Gasteiger charge is -2.33. The van der Waals surface area contributed by atoms with Gasteiger partial charge in [-0.3, -0.25) is 10.2 Å². The summed E-state index contributed by atoms with van der Waals surface area (Å²) in [6, 6.07) is 3.40. The van der Waals surface area contributed by atoms with Crippen molar-refractivity contribution in [1.29, 1.82) is 0 Å². The summed E-state index contributed by atoms with van der Waals surface area (Å²) in [5, 5.41) is 0. The molecule has 1 saturated heterocycles. The smallest absolute Gasteiger partial charge is 0.283 e. The number of carbonyl (C=O) groups excluding carboxylic acids is 1. The minimum atomic E-state index is -2.32. The van der Waals surface area contributed by atoms with Crippen LogP contribution in [-0.4, -0.2) is 30.4 Å². The van der Waals surface area contributed by atoms with E-state index in [9.17, 15) is 13.6 Å². The molecule has 0 radical (unpaired) electrons. The summed E-state index contributed by atoms with van der Waals surface area (Å²) in [6.07, 6.45) is -1.10. The third-order valence-electron chi connectivity index (χ3n) is 3.46. The molecule has 110 valence electrons. The molecular formula is C13H18F2N4O. The Morgan fingerprint density at radius 2 is 2.30 bits per heavy atom. The van der Waals surface area contributed by atoms with Gasteiger partial charge in [-0.15, -0.1) is 0 Å². The number of aromatic nitrogens is 1. The molecule has 20 heavy (non-hydrogen) atoms. The molecule has 2 rings (SSSR count). The fourth-order valence-electron chi connectivity index (χ4n) is 2.42. The third-order valence-corrected chi connectivity index (χ3v) is 3.46. The average molecular weight is 284 g/mol. The second kappa shape index (κ2) is 6.13. The average Bonchev–Trinajstić information content (AvgIpc) is 2.45.